The van der Waals surface area contributed by atoms with Crippen molar-refractivity contribution in [2.45, 2.75) is 20.4 Å². The molecule has 1 fully saturated rings. The SMILES string of the molecule is Cc1ccc2[nH]c(CN3CCNCC3)nc2c1C. The molecule has 0 aliphatic carbocycles. The smallest absolute Gasteiger partial charge is 0.121 e. The van der Waals surface area contributed by atoms with Crippen LogP contribution in [0.2, 0.25) is 0 Å². The fourth-order valence-corrected chi connectivity index (χ4v) is 2.52. The van der Waals surface area contributed by atoms with Crippen molar-refractivity contribution in [3.8, 4) is 0 Å². The summed E-state index contributed by atoms with van der Waals surface area (Å²) in [5, 5.41) is 3.37. The standard InChI is InChI=1S/C14H20N4/c1-10-3-4-12-14(11(10)2)17-13(16-12)9-18-7-5-15-6-8-18/h3-4,15H,5-9H2,1-2H3,(H,16,17). The fraction of sp³-hybridized carbons (Fsp3) is 0.500. The van der Waals surface area contributed by atoms with Gasteiger partial charge in [-0.1, -0.05) is 6.07 Å². The number of fused-ring (bicyclic) bond motifs is 1. The molecule has 1 aromatic carbocycles. The molecule has 0 unspecified atom stereocenters. The molecular formula is C14H20N4. The lowest BCUT2D eigenvalue weighted by Crippen LogP contribution is -2.43. The number of hydrogen-bond donors (Lipinski definition) is 2. The topological polar surface area (TPSA) is 44.0 Å². The molecule has 0 spiro atoms. The van der Waals surface area contributed by atoms with Gasteiger partial charge in [-0.15, -0.1) is 0 Å². The molecule has 0 radical (unpaired) electrons. The molecule has 0 atom stereocenters. The summed E-state index contributed by atoms with van der Waals surface area (Å²) in [4.78, 5) is 10.6. The van der Waals surface area contributed by atoms with Gasteiger partial charge in [-0.25, -0.2) is 4.98 Å². The molecule has 4 nitrogen and oxygen atoms in total. The second-order valence-electron chi connectivity index (χ2n) is 5.11. The van der Waals surface area contributed by atoms with E-state index < -0.39 is 0 Å². The summed E-state index contributed by atoms with van der Waals surface area (Å²) in [5.41, 5.74) is 4.88. The van der Waals surface area contributed by atoms with Crippen molar-refractivity contribution in [3.63, 3.8) is 0 Å². The first-order valence-electron chi connectivity index (χ1n) is 6.62. The minimum absolute atomic E-state index is 0.925. The molecule has 0 bridgehead atoms. The molecule has 4 heteroatoms. The van der Waals surface area contributed by atoms with Gasteiger partial charge in [-0.05, 0) is 31.0 Å². The van der Waals surface area contributed by atoms with Gasteiger partial charge in [0.1, 0.15) is 5.82 Å². The number of nitrogens with one attached hydrogen (secondary N) is 2. The van der Waals surface area contributed by atoms with Crippen molar-refractivity contribution in [1.82, 2.24) is 20.2 Å². The number of imidazole rings is 1. The average molecular weight is 244 g/mol. The van der Waals surface area contributed by atoms with Gasteiger partial charge in [0.2, 0.25) is 0 Å². The molecule has 96 valence electrons. The second kappa shape index (κ2) is 4.71. The van der Waals surface area contributed by atoms with Crippen LogP contribution in [0.25, 0.3) is 11.0 Å². The molecule has 1 aliphatic rings. The summed E-state index contributed by atoms with van der Waals surface area (Å²) in [6.07, 6.45) is 0. The molecule has 2 aromatic rings. The first-order chi connectivity index (χ1) is 8.74. The maximum atomic E-state index is 4.75. The molecule has 2 heterocycles. The zero-order valence-electron chi connectivity index (χ0n) is 11.1. The lowest BCUT2D eigenvalue weighted by molar-refractivity contribution is 0.229. The van der Waals surface area contributed by atoms with Crippen LogP contribution in [-0.4, -0.2) is 41.0 Å². The van der Waals surface area contributed by atoms with Crippen LogP contribution in [0.3, 0.4) is 0 Å². The Labute approximate surface area is 107 Å². The van der Waals surface area contributed by atoms with E-state index in [-0.39, 0.29) is 0 Å². The van der Waals surface area contributed by atoms with Crippen molar-refractivity contribution in [2.75, 3.05) is 26.2 Å². The number of hydrogen-bond acceptors (Lipinski definition) is 3. The number of aromatic nitrogens is 2. The van der Waals surface area contributed by atoms with E-state index >= 15 is 0 Å². The second-order valence-corrected chi connectivity index (χ2v) is 5.11. The van der Waals surface area contributed by atoms with Crippen LogP contribution in [0.1, 0.15) is 17.0 Å². The molecule has 1 aliphatic heterocycles. The first kappa shape index (κ1) is 11.7. The Morgan fingerprint density at radius 3 is 2.78 bits per heavy atom. The van der Waals surface area contributed by atoms with Crippen molar-refractivity contribution in [1.29, 1.82) is 0 Å². The van der Waals surface area contributed by atoms with E-state index in [1.807, 2.05) is 0 Å². The largest absolute Gasteiger partial charge is 0.341 e. The highest BCUT2D eigenvalue weighted by molar-refractivity contribution is 5.79. The van der Waals surface area contributed by atoms with Gasteiger partial charge >= 0.3 is 0 Å². The van der Waals surface area contributed by atoms with Gasteiger partial charge in [-0.2, -0.15) is 0 Å². The number of piperazine rings is 1. The molecule has 2 N–H and O–H groups in total. The normalized spacial score (nSPS) is 17.4. The zero-order chi connectivity index (χ0) is 12.5. The Bertz CT molecular complexity index is 552. The minimum atomic E-state index is 0.925. The van der Waals surface area contributed by atoms with Gasteiger partial charge < -0.3 is 10.3 Å². The highest BCUT2D eigenvalue weighted by Crippen LogP contribution is 2.19. The average Bonchev–Trinajstić information content (AvgIpc) is 2.79. The maximum Gasteiger partial charge on any atom is 0.121 e. The van der Waals surface area contributed by atoms with Crippen LogP contribution in [0.5, 0.6) is 0 Å². The molecule has 1 saturated heterocycles. The van der Waals surface area contributed by atoms with Crippen molar-refractivity contribution in [2.24, 2.45) is 0 Å². The van der Waals surface area contributed by atoms with Crippen LogP contribution in [0.15, 0.2) is 12.1 Å². The molecule has 1 aromatic heterocycles. The number of nitrogens with zero attached hydrogens (tertiary/aromatic N) is 2. The van der Waals surface area contributed by atoms with Crippen molar-refractivity contribution < 1.29 is 0 Å². The number of benzene rings is 1. The van der Waals surface area contributed by atoms with E-state index in [0.717, 1.165) is 49.6 Å². The van der Waals surface area contributed by atoms with Crippen LogP contribution in [0, 0.1) is 13.8 Å². The Morgan fingerprint density at radius 2 is 2.00 bits per heavy atom. The fourth-order valence-electron chi connectivity index (χ4n) is 2.52. The maximum absolute atomic E-state index is 4.75. The van der Waals surface area contributed by atoms with Crippen molar-refractivity contribution in [3.05, 3.63) is 29.1 Å². The highest BCUT2D eigenvalue weighted by Gasteiger charge is 2.13. The summed E-state index contributed by atoms with van der Waals surface area (Å²) in [7, 11) is 0. The van der Waals surface area contributed by atoms with E-state index in [1.54, 1.807) is 0 Å². The third-order valence-electron chi connectivity index (χ3n) is 3.81. The number of H-pyrrole nitrogens is 1. The van der Waals surface area contributed by atoms with E-state index in [0.29, 0.717) is 0 Å². The highest BCUT2D eigenvalue weighted by atomic mass is 15.2. The summed E-state index contributed by atoms with van der Waals surface area (Å²) < 4.78 is 0. The minimum Gasteiger partial charge on any atom is -0.341 e. The van der Waals surface area contributed by atoms with E-state index in [2.05, 4.69) is 41.2 Å². The van der Waals surface area contributed by atoms with E-state index in [9.17, 15) is 0 Å². The van der Waals surface area contributed by atoms with Gasteiger partial charge in [0.05, 0.1) is 17.6 Å². The summed E-state index contributed by atoms with van der Waals surface area (Å²) >= 11 is 0. The Morgan fingerprint density at radius 1 is 1.22 bits per heavy atom. The van der Waals surface area contributed by atoms with Gasteiger partial charge in [0, 0.05) is 26.2 Å². The number of aromatic amines is 1. The van der Waals surface area contributed by atoms with Gasteiger partial charge in [0.25, 0.3) is 0 Å². The lowest BCUT2D eigenvalue weighted by atomic mass is 10.1. The summed E-state index contributed by atoms with van der Waals surface area (Å²) in [5.74, 6) is 1.08. The molecule has 3 rings (SSSR count). The van der Waals surface area contributed by atoms with E-state index in [1.165, 1.54) is 11.1 Å². The number of rotatable bonds is 2. The zero-order valence-corrected chi connectivity index (χ0v) is 11.1. The molecular weight excluding hydrogens is 224 g/mol. The Balaban J connectivity index is 1.86. The Hall–Kier alpha value is -1.39. The third-order valence-corrected chi connectivity index (χ3v) is 3.81. The van der Waals surface area contributed by atoms with Crippen LogP contribution < -0.4 is 5.32 Å². The van der Waals surface area contributed by atoms with Crippen LogP contribution in [-0.2, 0) is 6.54 Å². The molecule has 0 saturated carbocycles. The third kappa shape index (κ3) is 2.13. The van der Waals surface area contributed by atoms with Gasteiger partial charge in [0.15, 0.2) is 0 Å². The van der Waals surface area contributed by atoms with Gasteiger partial charge in [-0.3, -0.25) is 4.90 Å². The van der Waals surface area contributed by atoms with Crippen LogP contribution in [0.4, 0.5) is 0 Å². The first-order valence-corrected chi connectivity index (χ1v) is 6.62. The molecule has 18 heavy (non-hydrogen) atoms. The number of aryl methyl sites for hydroxylation is 2. The predicted molar refractivity (Wildman–Crippen MR) is 73.7 cm³/mol. The lowest BCUT2D eigenvalue weighted by Gasteiger charge is -2.26. The monoisotopic (exact) mass is 244 g/mol. The quantitative estimate of drug-likeness (QED) is 0.843. The summed E-state index contributed by atoms with van der Waals surface area (Å²) in [6.45, 7) is 9.59. The summed E-state index contributed by atoms with van der Waals surface area (Å²) in [6, 6.07) is 4.29. The molecule has 0 amide bonds. The van der Waals surface area contributed by atoms with Crippen molar-refractivity contribution >= 4 is 11.0 Å². The predicted octanol–water partition coefficient (Wildman–Crippen LogP) is 1.58. The van der Waals surface area contributed by atoms with E-state index in [4.69, 9.17) is 4.98 Å². The Kier molecular flexibility index (Phi) is 3.06. The van der Waals surface area contributed by atoms with Crippen LogP contribution >= 0.6 is 0 Å².